The fourth-order valence-electron chi connectivity index (χ4n) is 3.50. The van der Waals surface area contributed by atoms with Crippen LogP contribution in [0.15, 0.2) is 30.3 Å². The highest BCUT2D eigenvalue weighted by atomic mass is 32.2. The highest BCUT2D eigenvalue weighted by Crippen LogP contribution is 2.56. The lowest BCUT2D eigenvalue weighted by molar-refractivity contribution is -0.187. The fraction of sp³-hybridized carbons (Fsp3) is 0.471. The monoisotopic (exact) mass is 379 g/mol. The third-order valence-corrected chi connectivity index (χ3v) is 6.54. The quantitative estimate of drug-likeness (QED) is 0.629. The van der Waals surface area contributed by atoms with Crippen molar-refractivity contribution in [2.75, 3.05) is 7.11 Å². The summed E-state index contributed by atoms with van der Waals surface area (Å²) in [6.07, 6.45) is -0.722. The molecule has 0 bridgehead atoms. The van der Waals surface area contributed by atoms with E-state index in [1.165, 1.54) is 23.8 Å². The van der Waals surface area contributed by atoms with Crippen LogP contribution in [-0.4, -0.2) is 56.8 Å². The number of aliphatic carboxylic acids is 1. The molecule has 2 heterocycles. The lowest BCUT2D eigenvalue weighted by atomic mass is 9.88. The smallest absolute Gasteiger partial charge is 0.352 e. The summed E-state index contributed by atoms with van der Waals surface area (Å²) in [5, 5.41) is 12.1. The van der Waals surface area contributed by atoms with Gasteiger partial charge in [-0.3, -0.25) is 14.5 Å². The van der Waals surface area contributed by atoms with E-state index >= 15 is 0 Å². The summed E-state index contributed by atoms with van der Waals surface area (Å²) in [5.41, 5.74) is 4.66. The molecule has 0 saturated carbocycles. The van der Waals surface area contributed by atoms with Crippen molar-refractivity contribution in [1.82, 2.24) is 10.2 Å². The highest BCUT2D eigenvalue weighted by molar-refractivity contribution is 8.01. The van der Waals surface area contributed by atoms with Crippen molar-refractivity contribution < 1.29 is 24.2 Å². The van der Waals surface area contributed by atoms with E-state index in [0.717, 1.165) is 0 Å². The zero-order valence-corrected chi connectivity index (χ0v) is 15.4. The van der Waals surface area contributed by atoms with Crippen molar-refractivity contribution in [2.45, 2.75) is 41.8 Å². The molecule has 2 aliphatic heterocycles. The van der Waals surface area contributed by atoms with E-state index in [0.29, 0.717) is 5.56 Å². The predicted molar refractivity (Wildman–Crippen MR) is 95.0 cm³/mol. The molecule has 8 nitrogen and oxygen atoms in total. The van der Waals surface area contributed by atoms with Crippen LogP contribution in [0.25, 0.3) is 0 Å². The van der Waals surface area contributed by atoms with E-state index in [2.05, 4.69) is 5.32 Å². The second-order valence-corrected chi connectivity index (χ2v) is 8.52. The molecule has 140 valence electrons. The number of rotatable bonds is 5. The Kier molecular flexibility index (Phi) is 4.50. The standard InChI is InChI=1S/C17H21N3O5S/c1-16(2)17(15(23)24,20-13(22)11(25-3)14(20)26-16)19-12(21)10(18)9-7-5-4-6-8-9/h4-8,10-11,14H,18H2,1-3H3,(H,19,21)(H,23,24)/t10?,11-,14-,17+/m1/s1. The molecule has 1 aromatic rings. The first-order valence-electron chi connectivity index (χ1n) is 8.07. The zero-order chi connectivity index (χ0) is 19.3. The van der Waals surface area contributed by atoms with Gasteiger partial charge in [0.25, 0.3) is 5.91 Å². The van der Waals surface area contributed by atoms with E-state index in [1.807, 2.05) is 0 Å². The number of carboxylic acid groups (broad SMARTS) is 1. The number of nitrogens with one attached hydrogen (secondary N) is 1. The summed E-state index contributed by atoms with van der Waals surface area (Å²) in [4.78, 5) is 38.6. The molecule has 1 aromatic carbocycles. The van der Waals surface area contributed by atoms with E-state index in [4.69, 9.17) is 10.5 Å². The average Bonchev–Trinajstić information content (AvgIpc) is 2.80. The normalized spacial score (nSPS) is 30.3. The third-order valence-electron chi connectivity index (χ3n) is 4.95. The zero-order valence-electron chi connectivity index (χ0n) is 14.6. The van der Waals surface area contributed by atoms with Crippen molar-refractivity contribution >= 4 is 29.5 Å². The van der Waals surface area contributed by atoms with Crippen LogP contribution in [-0.2, 0) is 19.1 Å². The highest BCUT2D eigenvalue weighted by Gasteiger charge is 2.74. The Morgan fingerprint density at radius 2 is 1.96 bits per heavy atom. The number of thioether (sulfide) groups is 1. The number of methoxy groups -OCH3 is 1. The molecule has 2 saturated heterocycles. The number of hydrogen-bond acceptors (Lipinski definition) is 6. The molecule has 4 atom stereocenters. The Bertz CT molecular complexity index is 756. The summed E-state index contributed by atoms with van der Waals surface area (Å²) in [5.74, 6) is -2.44. The fourth-order valence-corrected chi connectivity index (χ4v) is 5.22. The third kappa shape index (κ3) is 2.42. The summed E-state index contributed by atoms with van der Waals surface area (Å²) in [6.45, 7) is 3.36. The minimum absolute atomic E-state index is 0.466. The maximum absolute atomic E-state index is 12.8. The van der Waals surface area contributed by atoms with Gasteiger partial charge >= 0.3 is 5.97 Å². The predicted octanol–water partition coefficient (Wildman–Crippen LogP) is 0.292. The summed E-state index contributed by atoms with van der Waals surface area (Å²) < 4.78 is 4.17. The van der Waals surface area contributed by atoms with Gasteiger partial charge in [0, 0.05) is 7.11 Å². The Balaban J connectivity index is 1.95. The Hall–Kier alpha value is -2.10. The van der Waals surface area contributed by atoms with Crippen molar-refractivity contribution in [2.24, 2.45) is 5.73 Å². The van der Waals surface area contributed by atoms with Crippen LogP contribution < -0.4 is 11.1 Å². The molecule has 4 N–H and O–H groups in total. The molecule has 26 heavy (non-hydrogen) atoms. The van der Waals surface area contributed by atoms with Gasteiger partial charge in [0.1, 0.15) is 11.4 Å². The maximum Gasteiger partial charge on any atom is 0.352 e. The van der Waals surface area contributed by atoms with Crippen LogP contribution in [0.5, 0.6) is 0 Å². The van der Waals surface area contributed by atoms with Crippen molar-refractivity contribution in [1.29, 1.82) is 0 Å². The number of hydrogen-bond donors (Lipinski definition) is 3. The number of nitrogens with two attached hydrogens (primary N) is 1. The molecule has 0 aromatic heterocycles. The van der Waals surface area contributed by atoms with Crippen LogP contribution in [0.2, 0.25) is 0 Å². The number of nitrogens with zero attached hydrogens (tertiary/aromatic N) is 1. The first kappa shape index (κ1) is 18.7. The van der Waals surface area contributed by atoms with Gasteiger partial charge in [-0.05, 0) is 19.4 Å². The molecule has 3 rings (SSSR count). The lowest BCUT2D eigenvalue weighted by Gasteiger charge is -2.49. The van der Waals surface area contributed by atoms with Gasteiger partial charge in [-0.25, -0.2) is 4.79 Å². The molecule has 2 fully saturated rings. The number of β-lactam (4-membered cyclic amide) rings is 1. The number of benzene rings is 1. The van der Waals surface area contributed by atoms with Gasteiger partial charge in [0.15, 0.2) is 6.10 Å². The van der Waals surface area contributed by atoms with Crippen molar-refractivity contribution in [3.8, 4) is 0 Å². The van der Waals surface area contributed by atoms with E-state index in [9.17, 15) is 19.5 Å². The van der Waals surface area contributed by atoms with Crippen molar-refractivity contribution in [3.05, 3.63) is 35.9 Å². The molecule has 0 aliphatic carbocycles. The average molecular weight is 379 g/mol. The first-order valence-corrected chi connectivity index (χ1v) is 8.95. The van der Waals surface area contributed by atoms with Gasteiger partial charge in [-0.15, -0.1) is 11.8 Å². The van der Waals surface area contributed by atoms with Gasteiger partial charge in [0.05, 0.1) is 4.75 Å². The Morgan fingerprint density at radius 3 is 2.50 bits per heavy atom. The Morgan fingerprint density at radius 1 is 1.35 bits per heavy atom. The van der Waals surface area contributed by atoms with Gasteiger partial charge < -0.3 is 20.9 Å². The summed E-state index contributed by atoms with van der Waals surface area (Å²) >= 11 is 1.28. The van der Waals surface area contributed by atoms with Crippen LogP contribution >= 0.6 is 11.8 Å². The molecular formula is C17H21N3O5S. The second kappa shape index (κ2) is 6.26. The number of carboxylic acids is 1. The number of ether oxygens (including phenoxy) is 1. The van der Waals surface area contributed by atoms with Gasteiger partial charge in [-0.1, -0.05) is 30.3 Å². The van der Waals surface area contributed by atoms with Crippen LogP contribution in [0, 0.1) is 0 Å². The Labute approximate surface area is 155 Å². The van der Waals surface area contributed by atoms with E-state index in [1.54, 1.807) is 44.2 Å². The van der Waals surface area contributed by atoms with Crippen molar-refractivity contribution in [3.63, 3.8) is 0 Å². The second-order valence-electron chi connectivity index (χ2n) is 6.78. The first-order chi connectivity index (χ1) is 12.2. The molecule has 0 radical (unpaired) electrons. The minimum atomic E-state index is -1.90. The number of fused-ring (bicyclic) bond motifs is 1. The number of carbonyl (C=O) groups excluding carboxylic acids is 2. The molecule has 2 aliphatic rings. The summed E-state index contributed by atoms with van der Waals surface area (Å²) in [6, 6.07) is 7.58. The van der Waals surface area contributed by atoms with Crippen LogP contribution in [0.4, 0.5) is 0 Å². The molecule has 9 heteroatoms. The summed E-state index contributed by atoms with van der Waals surface area (Å²) in [7, 11) is 1.40. The largest absolute Gasteiger partial charge is 0.478 e. The molecule has 0 spiro atoms. The number of amides is 2. The van der Waals surface area contributed by atoms with Crippen LogP contribution in [0.3, 0.4) is 0 Å². The van der Waals surface area contributed by atoms with Gasteiger partial charge in [-0.2, -0.15) is 0 Å². The minimum Gasteiger partial charge on any atom is -0.478 e. The molecular weight excluding hydrogens is 358 g/mol. The van der Waals surface area contributed by atoms with Gasteiger partial charge in [0.2, 0.25) is 11.6 Å². The lowest BCUT2D eigenvalue weighted by Crippen LogP contribution is -2.78. The molecule has 2 amide bonds. The number of carbonyl (C=O) groups is 3. The van der Waals surface area contributed by atoms with E-state index < -0.39 is 45.7 Å². The maximum atomic E-state index is 12.8. The molecule has 1 unspecified atom stereocenters. The topological polar surface area (TPSA) is 122 Å². The van der Waals surface area contributed by atoms with E-state index in [-0.39, 0.29) is 0 Å². The SMILES string of the molecule is CO[C@@H]1C(=O)N2[C@@H]1SC(C)(C)[C@]2(NC(=O)C(N)c1ccccc1)C(=O)O. The van der Waals surface area contributed by atoms with Crippen LogP contribution in [0.1, 0.15) is 25.5 Å².